The van der Waals surface area contributed by atoms with Crippen LogP contribution in [0.5, 0.6) is 0 Å². The smallest absolute Gasteiger partial charge is 0.260 e. The van der Waals surface area contributed by atoms with Gasteiger partial charge >= 0.3 is 0 Å². The zero-order chi connectivity index (χ0) is 18.3. The van der Waals surface area contributed by atoms with Crippen LogP contribution in [0, 0.1) is 0 Å². The molecule has 0 fully saturated rings. The minimum absolute atomic E-state index is 0.226. The molecule has 11 heteroatoms. The van der Waals surface area contributed by atoms with Crippen LogP contribution in [-0.4, -0.2) is 30.2 Å². The molecule has 0 aromatic carbocycles. The molecule has 4 rings (SSSR count). The molecule has 0 unspecified atom stereocenters. The van der Waals surface area contributed by atoms with Gasteiger partial charge in [-0.3, -0.25) is 10.1 Å². The summed E-state index contributed by atoms with van der Waals surface area (Å²) < 4.78 is 32.4. The Bertz CT molecular complexity index is 1060. The normalized spacial score (nSPS) is 15.0. The number of amides is 1. The Morgan fingerprint density at radius 1 is 1.31 bits per heavy atom. The fourth-order valence-electron chi connectivity index (χ4n) is 2.56. The fourth-order valence-corrected chi connectivity index (χ4v) is 6.70. The van der Waals surface area contributed by atoms with Crippen LogP contribution in [0.15, 0.2) is 39.4 Å². The fraction of sp³-hybridized carbons (Fsp3) is 0.200. The van der Waals surface area contributed by atoms with E-state index in [9.17, 15) is 13.2 Å². The van der Waals surface area contributed by atoms with Crippen LogP contribution in [0.25, 0.3) is 0 Å². The molecule has 7 nitrogen and oxygen atoms in total. The number of anilines is 1. The summed E-state index contributed by atoms with van der Waals surface area (Å²) >= 11 is 8.18. The van der Waals surface area contributed by atoms with Crippen molar-refractivity contribution in [3.8, 4) is 0 Å². The first-order chi connectivity index (χ1) is 12.4. The Kier molecular flexibility index (Phi) is 4.61. The monoisotopic (exact) mass is 429 g/mol. The van der Waals surface area contributed by atoms with Gasteiger partial charge in [0.25, 0.3) is 15.9 Å². The van der Waals surface area contributed by atoms with E-state index in [1.807, 2.05) is 0 Å². The molecule has 3 aromatic rings. The van der Waals surface area contributed by atoms with Gasteiger partial charge in [-0.2, -0.15) is 4.31 Å². The van der Waals surface area contributed by atoms with Gasteiger partial charge in [0.15, 0.2) is 5.13 Å². The van der Waals surface area contributed by atoms with Gasteiger partial charge in [-0.15, -0.1) is 22.7 Å². The summed E-state index contributed by atoms with van der Waals surface area (Å²) in [4.78, 5) is 17.3. The van der Waals surface area contributed by atoms with E-state index < -0.39 is 10.0 Å². The Morgan fingerprint density at radius 3 is 2.85 bits per heavy atom. The number of sulfonamides is 1. The van der Waals surface area contributed by atoms with Crippen molar-refractivity contribution in [2.75, 3.05) is 11.9 Å². The first-order valence-electron chi connectivity index (χ1n) is 7.51. The number of fused-ring (bicyclic) bond motifs is 1. The van der Waals surface area contributed by atoms with Gasteiger partial charge in [0.1, 0.15) is 10.5 Å². The van der Waals surface area contributed by atoms with Crippen LogP contribution in [-0.2, 0) is 23.0 Å². The number of nitrogens with zero attached hydrogens (tertiary/aromatic N) is 2. The lowest BCUT2D eigenvalue weighted by Gasteiger charge is -2.24. The average Bonchev–Trinajstić information content (AvgIpc) is 3.34. The maximum atomic E-state index is 12.7. The van der Waals surface area contributed by atoms with Gasteiger partial charge in [0.05, 0.1) is 28.4 Å². The number of rotatable bonds is 4. The molecule has 26 heavy (non-hydrogen) atoms. The summed E-state index contributed by atoms with van der Waals surface area (Å²) in [5.74, 6) is -0.317. The SMILES string of the molecule is O=C(Nc1nc2c(s1)CN(S(=O)(=O)c1ccc(Cl)s1)CC2)c1ccoc1. The number of nitrogens with one attached hydrogen (secondary N) is 1. The van der Waals surface area contributed by atoms with Crippen molar-refractivity contribution in [1.82, 2.24) is 9.29 Å². The highest BCUT2D eigenvalue weighted by atomic mass is 35.5. The van der Waals surface area contributed by atoms with Crippen LogP contribution >= 0.6 is 34.3 Å². The van der Waals surface area contributed by atoms with Crippen molar-refractivity contribution >= 4 is 55.3 Å². The first-order valence-corrected chi connectivity index (χ1v) is 11.0. The summed E-state index contributed by atoms with van der Waals surface area (Å²) in [5, 5.41) is 3.16. The molecule has 0 radical (unpaired) electrons. The Morgan fingerprint density at radius 2 is 2.15 bits per heavy atom. The van der Waals surface area contributed by atoms with Gasteiger partial charge < -0.3 is 4.42 Å². The predicted octanol–water partition coefficient (Wildman–Crippen LogP) is 3.45. The molecule has 0 bridgehead atoms. The number of hydrogen-bond donors (Lipinski definition) is 1. The van der Waals surface area contributed by atoms with E-state index in [4.69, 9.17) is 16.0 Å². The Hall–Kier alpha value is -1.72. The third kappa shape index (κ3) is 3.30. The minimum Gasteiger partial charge on any atom is -0.472 e. The summed E-state index contributed by atoms with van der Waals surface area (Å²) in [6, 6.07) is 4.65. The highest BCUT2D eigenvalue weighted by Crippen LogP contribution is 2.34. The number of carbonyl (C=O) groups is 1. The molecule has 0 saturated carbocycles. The molecular weight excluding hydrogens is 418 g/mol. The number of hydrogen-bond acceptors (Lipinski definition) is 7. The van der Waals surface area contributed by atoms with E-state index >= 15 is 0 Å². The predicted molar refractivity (Wildman–Crippen MR) is 99.4 cm³/mol. The molecule has 0 spiro atoms. The van der Waals surface area contributed by atoms with Crippen molar-refractivity contribution in [1.29, 1.82) is 0 Å². The summed E-state index contributed by atoms with van der Waals surface area (Å²) in [6.07, 6.45) is 3.26. The molecule has 1 aliphatic rings. The second-order valence-electron chi connectivity index (χ2n) is 5.50. The summed E-state index contributed by atoms with van der Waals surface area (Å²) in [7, 11) is -3.59. The molecule has 0 aliphatic carbocycles. The maximum absolute atomic E-state index is 12.7. The van der Waals surface area contributed by atoms with Crippen molar-refractivity contribution in [2.24, 2.45) is 0 Å². The highest BCUT2D eigenvalue weighted by Gasteiger charge is 2.31. The zero-order valence-corrected chi connectivity index (χ0v) is 16.3. The van der Waals surface area contributed by atoms with Gasteiger partial charge in [0.2, 0.25) is 0 Å². The first kappa shape index (κ1) is 17.7. The van der Waals surface area contributed by atoms with Crippen molar-refractivity contribution in [3.63, 3.8) is 0 Å². The van der Waals surface area contributed by atoms with E-state index in [0.29, 0.717) is 28.0 Å². The molecule has 4 heterocycles. The quantitative estimate of drug-likeness (QED) is 0.685. The van der Waals surface area contributed by atoms with Crippen LogP contribution in [0.2, 0.25) is 4.34 Å². The van der Waals surface area contributed by atoms with Gasteiger partial charge in [-0.25, -0.2) is 13.4 Å². The molecule has 1 N–H and O–H groups in total. The largest absolute Gasteiger partial charge is 0.472 e. The van der Waals surface area contributed by atoms with Gasteiger partial charge in [-0.1, -0.05) is 11.6 Å². The van der Waals surface area contributed by atoms with E-state index in [1.165, 1.54) is 34.2 Å². The Balaban J connectivity index is 1.52. The molecule has 0 saturated heterocycles. The number of thiazole rings is 1. The molecule has 3 aromatic heterocycles. The van der Waals surface area contributed by atoms with E-state index in [-0.39, 0.29) is 16.7 Å². The van der Waals surface area contributed by atoms with Crippen molar-refractivity contribution < 1.29 is 17.6 Å². The lowest BCUT2D eigenvalue weighted by atomic mass is 10.2. The van der Waals surface area contributed by atoms with Crippen molar-refractivity contribution in [2.45, 2.75) is 17.2 Å². The second kappa shape index (κ2) is 6.78. The van der Waals surface area contributed by atoms with Gasteiger partial charge in [0, 0.05) is 17.8 Å². The van der Waals surface area contributed by atoms with Crippen LogP contribution in [0.4, 0.5) is 5.13 Å². The van der Waals surface area contributed by atoms with E-state index in [2.05, 4.69) is 10.3 Å². The zero-order valence-electron chi connectivity index (χ0n) is 13.1. The lowest BCUT2D eigenvalue weighted by Crippen LogP contribution is -2.35. The van der Waals surface area contributed by atoms with Crippen molar-refractivity contribution in [3.05, 3.63) is 51.2 Å². The standard InChI is InChI=1S/C15H12ClN3O4S3/c16-12-1-2-13(25-12)26(21,22)19-5-3-10-11(7-19)24-15(17-10)18-14(20)9-4-6-23-8-9/h1-2,4,6,8H,3,5,7H2,(H,17,18,20). The number of furan rings is 1. The molecular formula is C15H12ClN3O4S3. The summed E-state index contributed by atoms with van der Waals surface area (Å²) in [5.41, 5.74) is 1.21. The van der Waals surface area contributed by atoms with E-state index in [0.717, 1.165) is 21.9 Å². The molecule has 136 valence electrons. The number of halogens is 1. The highest BCUT2D eigenvalue weighted by molar-refractivity contribution is 7.91. The number of carbonyl (C=O) groups excluding carboxylic acids is 1. The van der Waals surface area contributed by atoms with Gasteiger partial charge in [-0.05, 0) is 18.2 Å². The number of thiophene rings is 1. The van der Waals surface area contributed by atoms with E-state index in [1.54, 1.807) is 12.1 Å². The maximum Gasteiger partial charge on any atom is 0.260 e. The summed E-state index contributed by atoms with van der Waals surface area (Å²) in [6.45, 7) is 0.566. The number of aromatic nitrogens is 1. The van der Waals surface area contributed by atoms with Crippen LogP contribution < -0.4 is 5.32 Å². The lowest BCUT2D eigenvalue weighted by molar-refractivity contribution is 0.102. The third-order valence-corrected chi connectivity index (χ3v) is 8.38. The van der Waals surface area contributed by atoms with Crippen LogP contribution in [0.1, 0.15) is 20.9 Å². The topological polar surface area (TPSA) is 92.5 Å². The molecule has 0 atom stereocenters. The molecule has 1 amide bonds. The molecule has 1 aliphatic heterocycles. The third-order valence-electron chi connectivity index (χ3n) is 3.84. The Labute approximate surface area is 162 Å². The minimum atomic E-state index is -3.59. The van der Waals surface area contributed by atoms with Crippen LogP contribution in [0.3, 0.4) is 0 Å². The second-order valence-corrected chi connectivity index (χ2v) is 10.5. The average molecular weight is 430 g/mol.